The third-order valence-electron chi connectivity index (χ3n) is 5.17. The fraction of sp³-hybridized carbons (Fsp3) is 0.348. The van der Waals surface area contributed by atoms with E-state index >= 15 is 0 Å². The summed E-state index contributed by atoms with van der Waals surface area (Å²) in [5.41, 5.74) is 2.75. The van der Waals surface area contributed by atoms with Crippen LogP contribution in [0.5, 0.6) is 0 Å². The second-order valence-electron chi connectivity index (χ2n) is 7.63. The number of amides is 3. The Morgan fingerprint density at radius 3 is 2.38 bits per heavy atom. The van der Waals surface area contributed by atoms with E-state index in [0.717, 1.165) is 12.0 Å². The number of benzene rings is 2. The molecule has 0 unspecified atom stereocenters. The monoisotopic (exact) mass is 393 g/mol. The number of carbonyl (C=O) groups excluding carboxylic acids is 3. The lowest BCUT2D eigenvalue weighted by Gasteiger charge is -2.16. The Morgan fingerprint density at radius 2 is 1.72 bits per heavy atom. The molecule has 0 aliphatic carbocycles. The number of likely N-dealkylation sites (tertiary alicyclic amines) is 1. The Labute approximate surface area is 171 Å². The van der Waals surface area contributed by atoms with Crippen LogP contribution in [0.4, 0.5) is 5.69 Å². The van der Waals surface area contributed by atoms with E-state index in [4.69, 9.17) is 0 Å². The second kappa shape index (κ2) is 9.37. The second-order valence-corrected chi connectivity index (χ2v) is 7.63. The fourth-order valence-corrected chi connectivity index (χ4v) is 3.36. The topological polar surface area (TPSA) is 69.7 Å². The molecule has 0 spiro atoms. The molecule has 2 aromatic rings. The number of hydrogen-bond acceptors (Lipinski definition) is 3. The molecule has 0 aromatic heterocycles. The molecule has 29 heavy (non-hydrogen) atoms. The van der Waals surface area contributed by atoms with E-state index in [1.165, 1.54) is 5.56 Å². The van der Waals surface area contributed by atoms with Gasteiger partial charge in [0, 0.05) is 39.3 Å². The number of carbonyl (C=O) groups is 3. The summed E-state index contributed by atoms with van der Waals surface area (Å²) in [6.07, 6.45) is 1.36. The van der Waals surface area contributed by atoms with Crippen LogP contribution in [0, 0.1) is 5.92 Å². The van der Waals surface area contributed by atoms with Crippen LogP contribution in [0.2, 0.25) is 0 Å². The lowest BCUT2D eigenvalue weighted by molar-refractivity contribution is -0.128. The Bertz CT molecular complexity index is 863. The summed E-state index contributed by atoms with van der Waals surface area (Å²) in [6.45, 7) is 1.08. The van der Waals surface area contributed by atoms with E-state index in [9.17, 15) is 14.4 Å². The molecular weight excluding hydrogens is 366 g/mol. The molecule has 1 heterocycles. The summed E-state index contributed by atoms with van der Waals surface area (Å²) in [4.78, 5) is 40.0. The molecular formula is C23H27N3O3. The highest BCUT2D eigenvalue weighted by Crippen LogP contribution is 2.21. The van der Waals surface area contributed by atoms with Crippen molar-refractivity contribution in [2.24, 2.45) is 5.92 Å². The molecule has 1 fully saturated rings. The fourth-order valence-electron chi connectivity index (χ4n) is 3.36. The van der Waals surface area contributed by atoms with E-state index in [2.05, 4.69) is 5.32 Å². The molecule has 0 bridgehead atoms. The lowest BCUT2D eigenvalue weighted by Crippen LogP contribution is -2.30. The van der Waals surface area contributed by atoms with Gasteiger partial charge >= 0.3 is 0 Å². The first-order valence-electron chi connectivity index (χ1n) is 9.84. The van der Waals surface area contributed by atoms with E-state index in [-0.39, 0.29) is 30.1 Å². The van der Waals surface area contributed by atoms with E-state index in [1.807, 2.05) is 42.5 Å². The van der Waals surface area contributed by atoms with Crippen molar-refractivity contribution < 1.29 is 14.4 Å². The van der Waals surface area contributed by atoms with Crippen LogP contribution in [-0.2, 0) is 27.2 Å². The minimum absolute atomic E-state index is 0.0265. The zero-order valence-electron chi connectivity index (χ0n) is 16.9. The Balaban J connectivity index is 1.50. The van der Waals surface area contributed by atoms with Gasteiger partial charge in [0.1, 0.15) is 0 Å². The molecule has 0 radical (unpaired) electrons. The molecule has 1 saturated heterocycles. The third kappa shape index (κ3) is 5.67. The zero-order chi connectivity index (χ0) is 20.8. The molecule has 1 aliphatic rings. The van der Waals surface area contributed by atoms with Gasteiger partial charge in [0.25, 0.3) is 0 Å². The van der Waals surface area contributed by atoms with Crippen LogP contribution >= 0.6 is 0 Å². The van der Waals surface area contributed by atoms with Crippen LogP contribution in [0.15, 0.2) is 54.6 Å². The average Bonchev–Trinajstić information content (AvgIpc) is 3.09. The van der Waals surface area contributed by atoms with Crippen LogP contribution in [0.3, 0.4) is 0 Å². The normalized spacial score (nSPS) is 16.0. The minimum Gasteiger partial charge on any atom is -0.349 e. The Kier molecular flexibility index (Phi) is 6.65. The summed E-state index contributed by atoms with van der Waals surface area (Å²) in [5.74, 6) is -0.425. The van der Waals surface area contributed by atoms with Gasteiger partial charge in [-0.1, -0.05) is 42.5 Å². The van der Waals surface area contributed by atoms with Gasteiger partial charge in [0.05, 0.1) is 12.3 Å². The molecule has 3 rings (SSSR count). The number of nitrogens with one attached hydrogen (secondary N) is 1. The van der Waals surface area contributed by atoms with Gasteiger partial charge < -0.3 is 15.1 Å². The maximum atomic E-state index is 12.6. The first-order valence-corrected chi connectivity index (χ1v) is 9.84. The number of anilines is 1. The van der Waals surface area contributed by atoms with Crippen molar-refractivity contribution in [3.63, 3.8) is 0 Å². The quantitative estimate of drug-likeness (QED) is 0.785. The van der Waals surface area contributed by atoms with Crippen molar-refractivity contribution in [2.75, 3.05) is 32.5 Å². The summed E-state index contributed by atoms with van der Waals surface area (Å²) in [5, 5.41) is 2.89. The highest BCUT2D eigenvalue weighted by Gasteiger charge is 2.34. The van der Waals surface area contributed by atoms with E-state index < -0.39 is 0 Å². The van der Waals surface area contributed by atoms with Crippen molar-refractivity contribution in [3.05, 3.63) is 65.7 Å². The maximum Gasteiger partial charge on any atom is 0.229 e. The van der Waals surface area contributed by atoms with Gasteiger partial charge in [-0.2, -0.15) is 0 Å². The van der Waals surface area contributed by atoms with Crippen LogP contribution in [0.1, 0.15) is 17.5 Å². The molecule has 1 atom stereocenters. The largest absolute Gasteiger partial charge is 0.349 e. The highest BCUT2D eigenvalue weighted by molar-refractivity contribution is 5.97. The molecule has 3 amide bonds. The first kappa shape index (κ1) is 20.6. The molecule has 6 nitrogen and oxygen atoms in total. The van der Waals surface area contributed by atoms with Crippen molar-refractivity contribution in [1.82, 2.24) is 9.80 Å². The maximum absolute atomic E-state index is 12.6. The van der Waals surface area contributed by atoms with Crippen molar-refractivity contribution in [2.45, 2.75) is 19.3 Å². The molecule has 0 saturated carbocycles. The van der Waals surface area contributed by atoms with Gasteiger partial charge in [-0.3, -0.25) is 14.4 Å². The predicted molar refractivity (Wildman–Crippen MR) is 112 cm³/mol. The van der Waals surface area contributed by atoms with Crippen LogP contribution in [0.25, 0.3) is 0 Å². The average molecular weight is 393 g/mol. The highest BCUT2D eigenvalue weighted by atomic mass is 16.2. The number of likely N-dealkylation sites (N-methyl/N-ethyl adjacent to an activating group) is 1. The van der Waals surface area contributed by atoms with Crippen molar-refractivity contribution >= 4 is 23.4 Å². The van der Waals surface area contributed by atoms with Gasteiger partial charge in [0.2, 0.25) is 17.7 Å². The van der Waals surface area contributed by atoms with Crippen molar-refractivity contribution in [1.29, 1.82) is 0 Å². The SMILES string of the molecule is CN(C)C(=O)Cc1ccc(NC(=O)[C@H]2CC(=O)N(CCc3ccccc3)C2)cc1. The van der Waals surface area contributed by atoms with Crippen LogP contribution < -0.4 is 5.32 Å². The molecule has 2 aromatic carbocycles. The zero-order valence-corrected chi connectivity index (χ0v) is 16.9. The van der Waals surface area contributed by atoms with Crippen LogP contribution in [-0.4, -0.2) is 54.7 Å². The third-order valence-corrected chi connectivity index (χ3v) is 5.17. The minimum atomic E-state index is -0.340. The predicted octanol–water partition coefficient (Wildman–Crippen LogP) is 2.35. The van der Waals surface area contributed by atoms with Gasteiger partial charge in [-0.15, -0.1) is 0 Å². The molecule has 1 aliphatic heterocycles. The van der Waals surface area contributed by atoms with E-state index in [0.29, 0.717) is 25.2 Å². The molecule has 1 N–H and O–H groups in total. The molecule has 6 heteroatoms. The summed E-state index contributed by atoms with van der Waals surface area (Å²) >= 11 is 0. The summed E-state index contributed by atoms with van der Waals surface area (Å²) in [6, 6.07) is 17.3. The Hall–Kier alpha value is -3.15. The molecule has 152 valence electrons. The van der Waals surface area contributed by atoms with Gasteiger partial charge in [0.15, 0.2) is 0 Å². The summed E-state index contributed by atoms with van der Waals surface area (Å²) < 4.78 is 0. The number of hydrogen-bond donors (Lipinski definition) is 1. The standard InChI is InChI=1S/C23H27N3O3/c1-25(2)21(27)14-18-8-10-20(11-9-18)24-23(29)19-15-22(28)26(16-19)13-12-17-6-4-3-5-7-17/h3-11,19H,12-16H2,1-2H3,(H,24,29)/t19-/m0/s1. The number of nitrogens with zero attached hydrogens (tertiary/aromatic N) is 2. The first-order chi connectivity index (χ1) is 13.9. The van der Waals surface area contributed by atoms with E-state index in [1.54, 1.807) is 36.0 Å². The lowest BCUT2D eigenvalue weighted by atomic mass is 10.1. The van der Waals surface area contributed by atoms with Crippen molar-refractivity contribution in [3.8, 4) is 0 Å². The Morgan fingerprint density at radius 1 is 1.03 bits per heavy atom. The van der Waals surface area contributed by atoms with Gasteiger partial charge in [-0.05, 0) is 29.7 Å². The summed E-state index contributed by atoms with van der Waals surface area (Å²) in [7, 11) is 3.45. The smallest absolute Gasteiger partial charge is 0.229 e. The number of rotatable bonds is 7. The van der Waals surface area contributed by atoms with Gasteiger partial charge in [-0.25, -0.2) is 0 Å².